The molecule has 3 fully saturated rings. The molecule has 0 aromatic carbocycles. The van der Waals surface area contributed by atoms with E-state index in [0.717, 1.165) is 39.0 Å². The lowest BCUT2D eigenvalue weighted by atomic mass is 9.71. The van der Waals surface area contributed by atoms with Crippen LogP contribution in [0.25, 0.3) is 0 Å². The Kier molecular flexibility index (Phi) is 2.85. The first-order chi connectivity index (χ1) is 8.20. The molecule has 0 aromatic heterocycles. The lowest BCUT2D eigenvalue weighted by Crippen LogP contribution is -2.47. The Morgan fingerprint density at radius 1 is 1.18 bits per heavy atom. The Balaban J connectivity index is 1.54. The second kappa shape index (κ2) is 4.23. The molecule has 2 atom stereocenters. The number of likely N-dealkylation sites (tertiary alicyclic amines) is 1. The molecule has 3 nitrogen and oxygen atoms in total. The number of amides is 1. The van der Waals surface area contributed by atoms with Gasteiger partial charge in [0.15, 0.2) is 0 Å². The van der Waals surface area contributed by atoms with Crippen LogP contribution in [0, 0.1) is 11.3 Å². The molecule has 96 valence electrons. The number of hydrogen-bond acceptors (Lipinski definition) is 2. The molecule has 3 aliphatic rings. The summed E-state index contributed by atoms with van der Waals surface area (Å²) in [5.74, 6) is -0.224. The summed E-state index contributed by atoms with van der Waals surface area (Å²) >= 11 is 0. The predicted octanol–water partition coefficient (Wildman–Crippen LogP) is 1.34. The molecule has 0 radical (unpaired) electrons. The van der Waals surface area contributed by atoms with Gasteiger partial charge in [0, 0.05) is 13.1 Å². The number of hydrogen-bond donors (Lipinski definition) is 1. The minimum absolute atomic E-state index is 0.0706. The molecule has 1 spiro atoms. The fourth-order valence-corrected chi connectivity index (χ4v) is 3.31. The molecule has 2 saturated heterocycles. The van der Waals surface area contributed by atoms with E-state index >= 15 is 0 Å². The van der Waals surface area contributed by atoms with E-state index < -0.39 is 6.17 Å². The summed E-state index contributed by atoms with van der Waals surface area (Å²) in [6.07, 6.45) is 4.32. The fraction of sp³-hybridized carbons (Fsp3) is 0.923. The van der Waals surface area contributed by atoms with E-state index in [2.05, 4.69) is 5.32 Å². The number of rotatable bonds is 1. The molecule has 1 N–H and O–H groups in total. The first kappa shape index (κ1) is 11.5. The van der Waals surface area contributed by atoms with Crippen molar-refractivity contribution in [1.82, 2.24) is 10.2 Å². The van der Waals surface area contributed by atoms with Crippen molar-refractivity contribution in [2.24, 2.45) is 11.3 Å². The number of nitrogens with zero attached hydrogens (tertiary/aromatic N) is 1. The van der Waals surface area contributed by atoms with Gasteiger partial charge in [0.1, 0.15) is 6.17 Å². The summed E-state index contributed by atoms with van der Waals surface area (Å²) in [7, 11) is 0. The molecular weight excluding hydrogens is 219 g/mol. The third-order valence-corrected chi connectivity index (χ3v) is 4.83. The van der Waals surface area contributed by atoms with Gasteiger partial charge in [-0.2, -0.15) is 0 Å². The number of halogens is 1. The van der Waals surface area contributed by atoms with E-state index in [1.54, 1.807) is 0 Å². The molecule has 2 heterocycles. The Labute approximate surface area is 102 Å². The zero-order chi connectivity index (χ0) is 11.9. The van der Waals surface area contributed by atoms with E-state index in [9.17, 15) is 9.18 Å². The maximum atomic E-state index is 12.9. The van der Waals surface area contributed by atoms with Gasteiger partial charge in [-0.05, 0) is 50.6 Å². The van der Waals surface area contributed by atoms with Crippen LogP contribution in [0.2, 0.25) is 0 Å². The van der Waals surface area contributed by atoms with Crippen LogP contribution in [-0.2, 0) is 4.79 Å². The van der Waals surface area contributed by atoms with Crippen LogP contribution in [0.3, 0.4) is 0 Å². The van der Waals surface area contributed by atoms with Crippen LogP contribution in [0.1, 0.15) is 32.1 Å². The average molecular weight is 240 g/mol. The van der Waals surface area contributed by atoms with E-state index in [0.29, 0.717) is 11.8 Å². The Morgan fingerprint density at radius 2 is 1.76 bits per heavy atom. The fourth-order valence-electron chi connectivity index (χ4n) is 3.31. The first-order valence-corrected chi connectivity index (χ1v) is 6.84. The molecule has 17 heavy (non-hydrogen) atoms. The van der Waals surface area contributed by atoms with Gasteiger partial charge < -0.3 is 10.2 Å². The smallest absolute Gasteiger partial charge is 0.228 e. The van der Waals surface area contributed by atoms with Gasteiger partial charge in [-0.3, -0.25) is 4.79 Å². The summed E-state index contributed by atoms with van der Waals surface area (Å²) in [6.45, 7) is 3.93. The molecule has 4 heteroatoms. The van der Waals surface area contributed by atoms with E-state index in [4.69, 9.17) is 0 Å². The van der Waals surface area contributed by atoms with Gasteiger partial charge >= 0.3 is 0 Å². The summed E-state index contributed by atoms with van der Waals surface area (Å²) in [5, 5.41) is 3.39. The largest absolute Gasteiger partial charge is 0.342 e. The highest BCUT2D eigenvalue weighted by molar-refractivity contribution is 5.82. The zero-order valence-corrected chi connectivity index (χ0v) is 10.3. The molecule has 0 aromatic rings. The summed E-state index contributed by atoms with van der Waals surface area (Å²) in [4.78, 5) is 13.8. The van der Waals surface area contributed by atoms with E-state index in [-0.39, 0.29) is 11.8 Å². The number of carbonyl (C=O) groups excluding carboxylic acids is 1. The number of alkyl halides is 1. The van der Waals surface area contributed by atoms with Crippen LogP contribution >= 0.6 is 0 Å². The third-order valence-electron chi connectivity index (χ3n) is 4.83. The monoisotopic (exact) mass is 240 g/mol. The molecular formula is C13H21FN2O. The third kappa shape index (κ3) is 2.19. The minimum Gasteiger partial charge on any atom is -0.342 e. The Morgan fingerprint density at radius 3 is 2.29 bits per heavy atom. The molecule has 0 bridgehead atoms. The lowest BCUT2D eigenvalue weighted by Gasteiger charge is -2.44. The van der Waals surface area contributed by atoms with Gasteiger partial charge in [-0.15, -0.1) is 0 Å². The summed E-state index contributed by atoms with van der Waals surface area (Å²) in [5.41, 5.74) is 0.473. The predicted molar refractivity (Wildman–Crippen MR) is 63.4 cm³/mol. The number of carbonyl (C=O) groups is 1. The van der Waals surface area contributed by atoms with Crippen LogP contribution in [-0.4, -0.2) is 43.2 Å². The maximum absolute atomic E-state index is 12.9. The van der Waals surface area contributed by atoms with Crippen molar-refractivity contribution in [2.45, 2.75) is 38.3 Å². The first-order valence-electron chi connectivity index (χ1n) is 6.84. The quantitative estimate of drug-likeness (QED) is 0.750. The van der Waals surface area contributed by atoms with Crippen LogP contribution < -0.4 is 5.32 Å². The summed E-state index contributed by atoms with van der Waals surface area (Å²) in [6, 6.07) is 0. The second-order valence-electron chi connectivity index (χ2n) is 5.93. The molecule has 1 aliphatic carbocycles. The van der Waals surface area contributed by atoms with Crippen molar-refractivity contribution in [3.63, 3.8) is 0 Å². The lowest BCUT2D eigenvalue weighted by molar-refractivity contribution is -0.135. The minimum atomic E-state index is -0.850. The second-order valence-corrected chi connectivity index (χ2v) is 5.93. The Hall–Kier alpha value is -0.640. The van der Waals surface area contributed by atoms with Crippen molar-refractivity contribution in [1.29, 1.82) is 0 Å². The molecule has 1 saturated carbocycles. The van der Waals surface area contributed by atoms with Gasteiger partial charge in [-0.25, -0.2) is 4.39 Å². The van der Waals surface area contributed by atoms with Crippen LogP contribution in [0.15, 0.2) is 0 Å². The van der Waals surface area contributed by atoms with Crippen molar-refractivity contribution >= 4 is 5.91 Å². The SMILES string of the molecule is O=C(C1C[C@H]1F)N1CCC2(CCNCC2)CC1. The molecule has 2 aliphatic heterocycles. The normalized spacial score (nSPS) is 35.9. The highest BCUT2D eigenvalue weighted by Crippen LogP contribution is 2.41. The van der Waals surface area contributed by atoms with Crippen LogP contribution in [0.5, 0.6) is 0 Å². The summed E-state index contributed by atoms with van der Waals surface area (Å²) < 4.78 is 12.9. The standard InChI is InChI=1S/C13H21FN2O/c14-11-9-10(11)12(17)16-7-3-13(4-8-16)1-5-15-6-2-13/h10-11,15H,1-9H2/t10?,11-/m1/s1. The Bertz CT molecular complexity index is 305. The molecule has 1 amide bonds. The zero-order valence-electron chi connectivity index (χ0n) is 10.3. The van der Waals surface area contributed by atoms with Crippen molar-refractivity contribution in [3.8, 4) is 0 Å². The van der Waals surface area contributed by atoms with E-state index in [1.807, 2.05) is 4.90 Å². The van der Waals surface area contributed by atoms with Crippen LogP contribution in [0.4, 0.5) is 4.39 Å². The molecule has 3 rings (SSSR count). The van der Waals surface area contributed by atoms with Gasteiger partial charge in [0.05, 0.1) is 5.92 Å². The number of nitrogens with one attached hydrogen (secondary N) is 1. The number of piperidine rings is 2. The maximum Gasteiger partial charge on any atom is 0.228 e. The molecule has 1 unspecified atom stereocenters. The van der Waals surface area contributed by atoms with Crippen molar-refractivity contribution in [2.75, 3.05) is 26.2 Å². The van der Waals surface area contributed by atoms with E-state index in [1.165, 1.54) is 12.8 Å². The average Bonchev–Trinajstić information content (AvgIpc) is 3.08. The van der Waals surface area contributed by atoms with Crippen molar-refractivity contribution in [3.05, 3.63) is 0 Å². The highest BCUT2D eigenvalue weighted by Gasteiger charge is 2.47. The highest BCUT2D eigenvalue weighted by atomic mass is 19.1. The van der Waals surface area contributed by atoms with Gasteiger partial charge in [-0.1, -0.05) is 0 Å². The van der Waals surface area contributed by atoms with Crippen molar-refractivity contribution < 1.29 is 9.18 Å². The topological polar surface area (TPSA) is 32.3 Å². The van der Waals surface area contributed by atoms with Gasteiger partial charge in [0.25, 0.3) is 0 Å². The van der Waals surface area contributed by atoms with Gasteiger partial charge in [0.2, 0.25) is 5.91 Å².